The Kier molecular flexibility index (Phi) is 5.34. The third-order valence-electron chi connectivity index (χ3n) is 4.40. The molecule has 0 atom stereocenters. The summed E-state index contributed by atoms with van der Waals surface area (Å²) in [5.74, 6) is 0.0747. The van der Waals surface area contributed by atoms with Gasteiger partial charge in [0.1, 0.15) is 5.75 Å². The molecule has 2 N–H and O–H groups in total. The standard InChI is InChI=1S/C23H19N5O2/c1-16-12-13-18(20(29)14-16)15-24-26-23(30)21-25-22(17-8-4-2-5-9-17)28(27-21)19-10-6-3-7-11-19/h2-15,29H,1H3,(H,26,30). The first kappa shape index (κ1) is 19.1. The fraction of sp³-hybridized carbons (Fsp3) is 0.0435. The lowest BCUT2D eigenvalue weighted by molar-refractivity contribution is 0.0945. The highest BCUT2D eigenvalue weighted by Crippen LogP contribution is 2.21. The molecule has 7 nitrogen and oxygen atoms in total. The van der Waals surface area contributed by atoms with E-state index in [4.69, 9.17) is 0 Å². The van der Waals surface area contributed by atoms with Crippen molar-refractivity contribution in [2.45, 2.75) is 6.92 Å². The van der Waals surface area contributed by atoms with Gasteiger partial charge in [-0.15, -0.1) is 5.10 Å². The van der Waals surface area contributed by atoms with Gasteiger partial charge in [0.2, 0.25) is 5.82 Å². The van der Waals surface area contributed by atoms with Crippen molar-refractivity contribution < 1.29 is 9.90 Å². The van der Waals surface area contributed by atoms with Crippen LogP contribution in [0.5, 0.6) is 5.75 Å². The van der Waals surface area contributed by atoms with E-state index in [9.17, 15) is 9.90 Å². The van der Waals surface area contributed by atoms with Gasteiger partial charge in [-0.1, -0.05) is 54.6 Å². The Balaban J connectivity index is 1.61. The summed E-state index contributed by atoms with van der Waals surface area (Å²) in [5.41, 5.74) is 5.46. The van der Waals surface area contributed by atoms with Crippen LogP contribution in [0.25, 0.3) is 17.1 Å². The number of benzene rings is 3. The van der Waals surface area contributed by atoms with Gasteiger partial charge >= 0.3 is 5.91 Å². The average Bonchev–Trinajstić information content (AvgIpc) is 3.22. The lowest BCUT2D eigenvalue weighted by Crippen LogP contribution is -2.19. The minimum absolute atomic E-state index is 0.0111. The summed E-state index contributed by atoms with van der Waals surface area (Å²) < 4.78 is 1.62. The molecule has 4 aromatic rings. The van der Waals surface area contributed by atoms with Gasteiger partial charge in [0, 0.05) is 11.1 Å². The largest absolute Gasteiger partial charge is 0.507 e. The molecule has 3 aromatic carbocycles. The smallest absolute Gasteiger partial charge is 0.311 e. The van der Waals surface area contributed by atoms with E-state index in [-0.39, 0.29) is 11.6 Å². The first-order valence-electron chi connectivity index (χ1n) is 9.33. The zero-order valence-corrected chi connectivity index (χ0v) is 16.2. The zero-order valence-electron chi connectivity index (χ0n) is 16.2. The number of aromatic hydroxyl groups is 1. The van der Waals surface area contributed by atoms with Gasteiger partial charge < -0.3 is 5.11 Å². The number of carbonyl (C=O) groups is 1. The molecule has 0 aliphatic rings. The van der Waals surface area contributed by atoms with Crippen molar-refractivity contribution in [1.29, 1.82) is 0 Å². The number of hydrogen-bond acceptors (Lipinski definition) is 5. The monoisotopic (exact) mass is 397 g/mol. The maximum absolute atomic E-state index is 12.6. The Morgan fingerprint density at radius 1 is 1.03 bits per heavy atom. The number of nitrogens with zero attached hydrogens (tertiary/aromatic N) is 4. The molecule has 7 heteroatoms. The van der Waals surface area contributed by atoms with Crippen LogP contribution in [0, 0.1) is 6.92 Å². The number of aromatic nitrogens is 3. The summed E-state index contributed by atoms with van der Waals surface area (Å²) in [4.78, 5) is 17.0. The lowest BCUT2D eigenvalue weighted by Gasteiger charge is -2.05. The zero-order chi connectivity index (χ0) is 20.9. The number of carbonyl (C=O) groups excluding carboxylic acids is 1. The molecule has 1 heterocycles. The Bertz CT molecular complexity index is 1140. The number of aryl methyl sites for hydroxylation is 1. The van der Waals surface area contributed by atoms with Crippen LogP contribution in [-0.2, 0) is 0 Å². The van der Waals surface area contributed by atoms with E-state index in [1.54, 1.807) is 16.8 Å². The Morgan fingerprint density at radius 2 is 1.73 bits per heavy atom. The summed E-state index contributed by atoms with van der Waals surface area (Å²) in [5, 5.41) is 18.2. The van der Waals surface area contributed by atoms with Crippen molar-refractivity contribution in [1.82, 2.24) is 20.2 Å². The van der Waals surface area contributed by atoms with E-state index in [1.807, 2.05) is 73.7 Å². The van der Waals surface area contributed by atoms with Crippen molar-refractivity contribution in [3.05, 3.63) is 95.8 Å². The predicted octanol–water partition coefficient (Wildman–Crippen LogP) is 3.71. The number of para-hydroxylation sites is 1. The molecule has 0 spiro atoms. The third kappa shape index (κ3) is 4.10. The second-order valence-electron chi connectivity index (χ2n) is 6.63. The molecule has 0 aliphatic carbocycles. The average molecular weight is 397 g/mol. The number of nitrogens with one attached hydrogen (secondary N) is 1. The first-order valence-corrected chi connectivity index (χ1v) is 9.33. The topological polar surface area (TPSA) is 92.4 Å². The minimum Gasteiger partial charge on any atom is -0.507 e. The second-order valence-corrected chi connectivity index (χ2v) is 6.63. The van der Waals surface area contributed by atoms with Gasteiger partial charge in [-0.3, -0.25) is 4.79 Å². The van der Waals surface area contributed by atoms with E-state index in [0.29, 0.717) is 11.4 Å². The summed E-state index contributed by atoms with van der Waals surface area (Å²) in [6, 6.07) is 24.2. The predicted molar refractivity (Wildman–Crippen MR) is 115 cm³/mol. The Labute approximate surface area is 173 Å². The van der Waals surface area contributed by atoms with Crippen LogP contribution in [0.15, 0.2) is 84.0 Å². The fourth-order valence-electron chi connectivity index (χ4n) is 2.90. The quantitative estimate of drug-likeness (QED) is 0.397. The summed E-state index contributed by atoms with van der Waals surface area (Å²) in [6.45, 7) is 1.88. The van der Waals surface area contributed by atoms with Crippen molar-refractivity contribution in [2.24, 2.45) is 5.10 Å². The van der Waals surface area contributed by atoms with Gasteiger partial charge in [-0.25, -0.2) is 15.1 Å². The molecule has 1 aromatic heterocycles. The molecule has 0 unspecified atom stereocenters. The van der Waals surface area contributed by atoms with Crippen LogP contribution in [0.2, 0.25) is 0 Å². The number of phenolic OH excluding ortho intramolecular Hbond substituents is 1. The molecule has 0 aliphatic heterocycles. The van der Waals surface area contributed by atoms with Crippen LogP contribution >= 0.6 is 0 Å². The highest BCUT2D eigenvalue weighted by atomic mass is 16.3. The number of hydrogen-bond donors (Lipinski definition) is 2. The van der Waals surface area contributed by atoms with Crippen LogP contribution < -0.4 is 5.43 Å². The summed E-state index contributed by atoms with van der Waals surface area (Å²) in [7, 11) is 0. The Morgan fingerprint density at radius 3 is 2.43 bits per heavy atom. The van der Waals surface area contributed by atoms with Crippen molar-refractivity contribution in [3.63, 3.8) is 0 Å². The van der Waals surface area contributed by atoms with E-state index < -0.39 is 5.91 Å². The Hall–Kier alpha value is -4.26. The molecule has 30 heavy (non-hydrogen) atoms. The fourth-order valence-corrected chi connectivity index (χ4v) is 2.90. The van der Waals surface area contributed by atoms with Crippen molar-refractivity contribution >= 4 is 12.1 Å². The minimum atomic E-state index is -0.551. The molecule has 0 fully saturated rings. The maximum atomic E-state index is 12.6. The van der Waals surface area contributed by atoms with E-state index >= 15 is 0 Å². The molecule has 148 valence electrons. The van der Waals surface area contributed by atoms with Gasteiger partial charge in [-0.2, -0.15) is 5.10 Å². The molecule has 0 bridgehead atoms. The van der Waals surface area contributed by atoms with E-state index in [1.165, 1.54) is 6.21 Å². The molecule has 0 saturated carbocycles. The van der Waals surface area contributed by atoms with Gasteiger partial charge in [0.15, 0.2) is 5.82 Å². The van der Waals surface area contributed by atoms with E-state index in [2.05, 4.69) is 20.6 Å². The number of phenols is 1. The first-order chi connectivity index (χ1) is 14.6. The van der Waals surface area contributed by atoms with Crippen LogP contribution in [0.4, 0.5) is 0 Å². The highest BCUT2D eigenvalue weighted by Gasteiger charge is 2.18. The molecule has 4 rings (SSSR count). The lowest BCUT2D eigenvalue weighted by atomic mass is 10.1. The molecule has 0 saturated heterocycles. The van der Waals surface area contributed by atoms with Gasteiger partial charge in [0.25, 0.3) is 0 Å². The molecular weight excluding hydrogens is 378 g/mol. The summed E-state index contributed by atoms with van der Waals surface area (Å²) >= 11 is 0. The summed E-state index contributed by atoms with van der Waals surface area (Å²) in [6.07, 6.45) is 1.37. The van der Waals surface area contributed by atoms with Crippen LogP contribution in [-0.4, -0.2) is 32.0 Å². The third-order valence-corrected chi connectivity index (χ3v) is 4.40. The normalized spacial score (nSPS) is 11.0. The SMILES string of the molecule is Cc1ccc(C=NNC(=O)c2nc(-c3ccccc3)n(-c3ccccc3)n2)c(O)c1. The van der Waals surface area contributed by atoms with Gasteiger partial charge in [-0.05, 0) is 36.8 Å². The van der Waals surface area contributed by atoms with Crippen molar-refractivity contribution in [3.8, 4) is 22.8 Å². The van der Waals surface area contributed by atoms with Crippen LogP contribution in [0.1, 0.15) is 21.7 Å². The highest BCUT2D eigenvalue weighted by molar-refractivity contribution is 5.92. The maximum Gasteiger partial charge on any atom is 0.311 e. The number of amides is 1. The van der Waals surface area contributed by atoms with Crippen molar-refractivity contribution in [2.75, 3.05) is 0 Å². The van der Waals surface area contributed by atoms with Gasteiger partial charge in [0.05, 0.1) is 11.9 Å². The van der Waals surface area contributed by atoms with Crippen LogP contribution in [0.3, 0.4) is 0 Å². The van der Waals surface area contributed by atoms with E-state index in [0.717, 1.165) is 16.8 Å². The number of hydrazone groups is 1. The molecule has 1 amide bonds. The molecular formula is C23H19N5O2. The second kappa shape index (κ2) is 8.40. The molecule has 0 radical (unpaired) electrons. The number of rotatable bonds is 5.